The Kier molecular flexibility index (Phi) is 6.56. The number of hydrogen-bond donors (Lipinski definition) is 2. The van der Waals surface area contributed by atoms with Crippen LogP contribution >= 0.6 is 12.2 Å². The Morgan fingerprint density at radius 3 is 2.45 bits per heavy atom. The summed E-state index contributed by atoms with van der Waals surface area (Å²) in [7, 11) is -1.24. The lowest BCUT2D eigenvalue weighted by molar-refractivity contribution is 0.519. The van der Waals surface area contributed by atoms with Crippen molar-refractivity contribution in [2.45, 2.75) is 52.6 Å². The van der Waals surface area contributed by atoms with Crippen molar-refractivity contribution in [2.24, 2.45) is 10.8 Å². The first-order valence-corrected chi connectivity index (χ1v) is 10.8. The molecule has 0 saturated heterocycles. The summed E-state index contributed by atoms with van der Waals surface area (Å²) in [6, 6.07) is 6.23. The molecule has 0 fully saturated rings. The zero-order valence-electron chi connectivity index (χ0n) is 14.4. The van der Waals surface area contributed by atoms with E-state index in [4.69, 9.17) is 22.4 Å². The van der Waals surface area contributed by atoms with E-state index in [1.807, 2.05) is 6.07 Å². The highest BCUT2D eigenvalue weighted by molar-refractivity contribution is 7.80. The van der Waals surface area contributed by atoms with Gasteiger partial charge in [0.25, 0.3) is 0 Å². The van der Waals surface area contributed by atoms with Crippen LogP contribution in [0.25, 0.3) is 0 Å². The number of hydrazone groups is 1. The maximum atomic E-state index is 6.26. The molecule has 0 aliphatic rings. The maximum Gasteiger partial charge on any atom is 0.229 e. The average molecular weight is 338 g/mol. The highest BCUT2D eigenvalue weighted by Gasteiger charge is 2.23. The fourth-order valence-corrected chi connectivity index (χ4v) is 2.94. The molecule has 4 nitrogen and oxygen atoms in total. The molecule has 0 aliphatic heterocycles. The first-order valence-electron chi connectivity index (χ1n) is 7.59. The van der Waals surface area contributed by atoms with Crippen LogP contribution < -0.4 is 15.6 Å². The molecule has 6 heteroatoms. The fraction of sp³-hybridized carbons (Fsp3) is 0.500. The van der Waals surface area contributed by atoms with Crippen molar-refractivity contribution >= 4 is 32.1 Å². The third-order valence-electron chi connectivity index (χ3n) is 3.12. The zero-order chi connectivity index (χ0) is 16.9. The van der Waals surface area contributed by atoms with Gasteiger partial charge in [0.05, 0.1) is 5.71 Å². The second kappa shape index (κ2) is 7.74. The van der Waals surface area contributed by atoms with Gasteiger partial charge in [-0.05, 0) is 48.8 Å². The van der Waals surface area contributed by atoms with E-state index >= 15 is 0 Å². The van der Waals surface area contributed by atoms with Crippen LogP contribution in [0, 0.1) is 0 Å². The number of thiocarbonyl (C=S) groups is 1. The first kappa shape index (κ1) is 18.6. The summed E-state index contributed by atoms with van der Waals surface area (Å²) in [5.41, 5.74) is 11.3. The van der Waals surface area contributed by atoms with E-state index in [1.54, 1.807) is 0 Å². The van der Waals surface area contributed by atoms with Crippen LogP contribution in [0.1, 0.15) is 45.2 Å². The largest absolute Gasteiger partial charge is 0.546 e. The van der Waals surface area contributed by atoms with Crippen molar-refractivity contribution in [3.63, 3.8) is 0 Å². The van der Waals surface area contributed by atoms with Crippen LogP contribution in [0.3, 0.4) is 0 Å². The summed E-state index contributed by atoms with van der Waals surface area (Å²) >= 11 is 4.83. The molecule has 0 atom stereocenters. The van der Waals surface area contributed by atoms with Gasteiger partial charge in [-0.2, -0.15) is 5.10 Å². The predicted octanol–water partition coefficient (Wildman–Crippen LogP) is 3.29. The molecular formula is C16H27N3OSSi. The fourth-order valence-electron chi connectivity index (χ4n) is 2.17. The molecule has 0 unspecified atom stereocenters. The summed E-state index contributed by atoms with van der Waals surface area (Å²) in [5, 5.41) is 4.50. The van der Waals surface area contributed by atoms with E-state index < -0.39 is 9.04 Å². The van der Waals surface area contributed by atoms with Gasteiger partial charge in [-0.15, -0.1) is 0 Å². The summed E-state index contributed by atoms with van der Waals surface area (Å²) in [4.78, 5) is 0. The Balaban J connectivity index is 3.45. The molecule has 0 radical (unpaired) electrons. The average Bonchev–Trinajstić information content (AvgIpc) is 2.38. The van der Waals surface area contributed by atoms with Crippen LogP contribution in [0.15, 0.2) is 23.3 Å². The molecule has 1 aromatic rings. The van der Waals surface area contributed by atoms with Crippen molar-refractivity contribution in [1.82, 2.24) is 5.43 Å². The molecule has 0 aromatic heterocycles. The normalized spacial score (nSPS) is 12.4. The van der Waals surface area contributed by atoms with Gasteiger partial charge in [0.2, 0.25) is 9.04 Å². The number of rotatable bonds is 5. The van der Waals surface area contributed by atoms with Gasteiger partial charge < -0.3 is 10.2 Å². The first-order chi connectivity index (χ1) is 10.2. The minimum absolute atomic E-state index is 0.00405. The Morgan fingerprint density at radius 2 is 2.00 bits per heavy atom. The molecule has 0 spiro atoms. The number of nitrogens with zero attached hydrogens (tertiary/aromatic N) is 1. The van der Waals surface area contributed by atoms with Gasteiger partial charge >= 0.3 is 0 Å². The number of hydrogen-bond acceptors (Lipinski definition) is 3. The molecule has 0 saturated carbocycles. The second-order valence-corrected chi connectivity index (χ2v) is 9.26. The lowest BCUT2D eigenvalue weighted by Gasteiger charge is -2.26. The van der Waals surface area contributed by atoms with Gasteiger partial charge in [-0.25, -0.2) is 0 Å². The van der Waals surface area contributed by atoms with E-state index in [9.17, 15) is 0 Å². The number of para-hydroxylation sites is 1. The summed E-state index contributed by atoms with van der Waals surface area (Å²) in [5.74, 6) is 0.946. The standard InChI is InChI=1S/C16H27N3OSSi/c1-7-13(18-19-15(17)21)11-9-8-10-12(16(2,3)4)14(11)20-22(5)6/h8-10,22H,7H2,1-6H3,(H3,17,19,21)/b18-13+. The quantitative estimate of drug-likeness (QED) is 0.375. The Labute approximate surface area is 140 Å². The van der Waals surface area contributed by atoms with Crippen molar-refractivity contribution in [1.29, 1.82) is 0 Å². The maximum absolute atomic E-state index is 6.26. The smallest absolute Gasteiger partial charge is 0.229 e. The number of nitrogens with two attached hydrogens (primary N) is 1. The minimum Gasteiger partial charge on any atom is -0.546 e. The lowest BCUT2D eigenvalue weighted by atomic mass is 9.84. The van der Waals surface area contributed by atoms with Gasteiger partial charge in [0, 0.05) is 5.56 Å². The van der Waals surface area contributed by atoms with Crippen LogP contribution in [-0.2, 0) is 5.41 Å². The molecule has 0 bridgehead atoms. The van der Waals surface area contributed by atoms with E-state index in [2.05, 4.69) is 63.4 Å². The Morgan fingerprint density at radius 1 is 1.36 bits per heavy atom. The monoisotopic (exact) mass is 337 g/mol. The van der Waals surface area contributed by atoms with Crippen molar-refractivity contribution in [3.8, 4) is 5.75 Å². The molecule has 0 heterocycles. The minimum atomic E-state index is -1.24. The molecular weight excluding hydrogens is 310 g/mol. The second-order valence-electron chi connectivity index (χ2n) is 6.49. The SMILES string of the molecule is CC/C(=N\NC(N)=S)c1cccc(C(C)(C)C)c1O[SiH](C)C. The van der Waals surface area contributed by atoms with Crippen LogP contribution in [0.5, 0.6) is 5.75 Å². The number of benzene rings is 1. The van der Waals surface area contributed by atoms with Gasteiger partial charge in [0.1, 0.15) is 5.75 Å². The summed E-state index contributed by atoms with van der Waals surface area (Å²) in [6.45, 7) is 13.0. The summed E-state index contributed by atoms with van der Waals surface area (Å²) < 4.78 is 6.26. The molecule has 0 amide bonds. The van der Waals surface area contributed by atoms with E-state index in [0.29, 0.717) is 0 Å². The van der Waals surface area contributed by atoms with Gasteiger partial charge in [-0.3, -0.25) is 5.43 Å². The molecule has 22 heavy (non-hydrogen) atoms. The van der Waals surface area contributed by atoms with E-state index in [0.717, 1.165) is 23.4 Å². The molecule has 0 aliphatic carbocycles. The van der Waals surface area contributed by atoms with Crippen molar-refractivity contribution < 1.29 is 4.43 Å². The highest BCUT2D eigenvalue weighted by atomic mass is 32.1. The third-order valence-corrected chi connectivity index (χ3v) is 3.92. The number of nitrogens with one attached hydrogen (secondary N) is 1. The Bertz CT molecular complexity index is 565. The van der Waals surface area contributed by atoms with E-state index in [1.165, 1.54) is 5.56 Å². The molecule has 122 valence electrons. The van der Waals surface area contributed by atoms with Gasteiger partial charge in [-0.1, -0.05) is 39.8 Å². The van der Waals surface area contributed by atoms with E-state index in [-0.39, 0.29) is 10.5 Å². The molecule has 1 aromatic carbocycles. The topological polar surface area (TPSA) is 59.6 Å². The van der Waals surface area contributed by atoms with Crippen LogP contribution in [-0.4, -0.2) is 19.9 Å². The van der Waals surface area contributed by atoms with Crippen LogP contribution in [0.4, 0.5) is 0 Å². The summed E-state index contributed by atoms with van der Waals surface area (Å²) in [6.07, 6.45) is 0.763. The molecule has 3 N–H and O–H groups in total. The van der Waals surface area contributed by atoms with Crippen molar-refractivity contribution in [2.75, 3.05) is 0 Å². The van der Waals surface area contributed by atoms with Crippen molar-refractivity contribution in [3.05, 3.63) is 29.3 Å². The zero-order valence-corrected chi connectivity index (χ0v) is 16.3. The molecule has 1 rings (SSSR count). The third kappa shape index (κ3) is 5.10. The predicted molar refractivity (Wildman–Crippen MR) is 101 cm³/mol. The van der Waals surface area contributed by atoms with Gasteiger partial charge in [0.15, 0.2) is 5.11 Å². The Hall–Kier alpha value is -1.40. The lowest BCUT2D eigenvalue weighted by Crippen LogP contribution is -2.26. The van der Waals surface area contributed by atoms with Crippen LogP contribution in [0.2, 0.25) is 13.1 Å². The highest BCUT2D eigenvalue weighted by Crippen LogP contribution is 2.35.